The van der Waals surface area contributed by atoms with Crippen molar-refractivity contribution in [1.29, 1.82) is 0 Å². The molecule has 5 N–H and O–H groups in total. The first-order chi connectivity index (χ1) is 14.5. The monoisotopic (exact) mass is 412 g/mol. The van der Waals surface area contributed by atoms with E-state index in [9.17, 15) is 15.0 Å². The molecule has 0 aliphatic carbocycles. The number of nitrogens with one attached hydrogen (secondary N) is 1. The van der Waals surface area contributed by atoms with E-state index in [-0.39, 0.29) is 22.9 Å². The van der Waals surface area contributed by atoms with Crippen molar-refractivity contribution in [3.05, 3.63) is 36.7 Å². The number of nitrogen functional groups attached to an aromatic ring is 1. The summed E-state index contributed by atoms with van der Waals surface area (Å²) in [5.41, 5.74) is 7.06. The summed E-state index contributed by atoms with van der Waals surface area (Å²) in [6.07, 6.45) is -3.81. The van der Waals surface area contributed by atoms with Gasteiger partial charge in [0.25, 0.3) is 11.9 Å². The van der Waals surface area contributed by atoms with E-state index >= 15 is 0 Å². The fourth-order valence-corrected chi connectivity index (χ4v) is 3.14. The number of anilines is 1. The lowest BCUT2D eigenvalue weighted by molar-refractivity contribution is -0.137. The minimum Gasteiger partial charge on any atom is -0.387 e. The Kier molecular flexibility index (Phi) is 5.35. The molecule has 3 heterocycles. The summed E-state index contributed by atoms with van der Waals surface area (Å²) < 4.78 is 6.99. The molecule has 0 saturated carbocycles. The smallest absolute Gasteiger partial charge is 0.272 e. The van der Waals surface area contributed by atoms with Crippen molar-refractivity contribution >= 4 is 34.5 Å². The third kappa shape index (κ3) is 3.58. The van der Waals surface area contributed by atoms with Gasteiger partial charge in [0.1, 0.15) is 17.7 Å². The highest BCUT2D eigenvalue weighted by molar-refractivity contribution is 5.83. The Hall–Kier alpha value is -3.48. The number of aromatic nitrogens is 4. The summed E-state index contributed by atoms with van der Waals surface area (Å²) in [6, 6.07) is 9.02. The average Bonchev–Trinajstić information content (AvgIpc) is 3.29. The third-order valence-corrected chi connectivity index (χ3v) is 4.57. The van der Waals surface area contributed by atoms with Crippen molar-refractivity contribution < 1.29 is 19.7 Å². The molecule has 1 aliphatic heterocycles. The highest BCUT2D eigenvalue weighted by Gasteiger charge is 2.47. The van der Waals surface area contributed by atoms with E-state index in [4.69, 9.17) is 10.5 Å². The summed E-state index contributed by atoms with van der Waals surface area (Å²) in [4.78, 5) is 24.6. The molecule has 156 valence electrons. The van der Waals surface area contributed by atoms with E-state index < -0.39 is 30.4 Å². The highest BCUT2D eigenvalue weighted by atomic mass is 16.6. The van der Waals surface area contributed by atoms with Crippen molar-refractivity contribution in [2.75, 3.05) is 12.3 Å². The zero-order chi connectivity index (χ0) is 21.3. The molecule has 3 aromatic rings. The molecule has 4 rings (SSSR count). The third-order valence-electron chi connectivity index (χ3n) is 4.57. The van der Waals surface area contributed by atoms with Crippen LogP contribution in [0.25, 0.3) is 11.2 Å². The van der Waals surface area contributed by atoms with Gasteiger partial charge in [-0.1, -0.05) is 18.2 Å². The normalized spacial score (nSPS) is 24.0. The van der Waals surface area contributed by atoms with E-state index in [1.165, 1.54) is 10.9 Å². The average molecular weight is 412 g/mol. The first-order valence-electron chi connectivity index (χ1n) is 9.25. The van der Waals surface area contributed by atoms with Crippen LogP contribution in [0.2, 0.25) is 0 Å². The standard InChI is InChI=1S/C18H20N8O4/c1-2-20-16(29)13-11(27)12(28)17(30-13)26-8-21-10-14(19)22-18(23-15(10)26)25-24-9-6-4-3-5-7-9/h3-8,11-13,17,27-28H,2H2,1H3,(H,20,29)(H2,19,22,23)/t11-,12+,13-,17+/m0/s1. The van der Waals surface area contributed by atoms with Gasteiger partial charge in [-0.15, -0.1) is 10.2 Å². The van der Waals surface area contributed by atoms with E-state index in [0.717, 1.165) is 0 Å². The van der Waals surface area contributed by atoms with E-state index in [1.54, 1.807) is 19.1 Å². The maximum atomic E-state index is 12.1. The van der Waals surface area contributed by atoms with Crippen LogP contribution in [-0.4, -0.2) is 60.5 Å². The largest absolute Gasteiger partial charge is 0.387 e. The molecule has 0 radical (unpaired) electrons. The summed E-state index contributed by atoms with van der Waals surface area (Å²) in [5.74, 6) is -0.476. The molecule has 12 heteroatoms. The molecule has 12 nitrogen and oxygen atoms in total. The molecule has 1 amide bonds. The number of carbonyl (C=O) groups is 1. The van der Waals surface area contributed by atoms with E-state index in [2.05, 4.69) is 30.5 Å². The first-order valence-corrected chi connectivity index (χ1v) is 9.25. The SMILES string of the molecule is CCNC(=O)[C@H]1O[C@@H](n2cnc3c(N)nc(N=Nc4ccccc4)nc32)[C@H](O)[C@@H]1O. The van der Waals surface area contributed by atoms with Gasteiger partial charge in [0.2, 0.25) is 0 Å². The van der Waals surface area contributed by atoms with Gasteiger partial charge in [-0.05, 0) is 19.1 Å². The van der Waals surface area contributed by atoms with Gasteiger partial charge in [-0.3, -0.25) is 9.36 Å². The second-order valence-corrected chi connectivity index (χ2v) is 6.59. The Morgan fingerprint density at radius 2 is 2.00 bits per heavy atom. The number of aliphatic hydroxyl groups excluding tert-OH is 2. The number of nitrogens with two attached hydrogens (primary N) is 1. The number of hydrogen-bond acceptors (Lipinski definition) is 10. The molecule has 0 spiro atoms. The van der Waals surface area contributed by atoms with Crippen LogP contribution in [0.1, 0.15) is 13.2 Å². The van der Waals surface area contributed by atoms with E-state index in [1.807, 2.05) is 18.2 Å². The number of ether oxygens (including phenoxy) is 1. The second-order valence-electron chi connectivity index (χ2n) is 6.59. The Labute approximate surface area is 170 Å². The summed E-state index contributed by atoms with van der Waals surface area (Å²) in [6.45, 7) is 2.10. The Bertz CT molecular complexity index is 1090. The van der Waals surface area contributed by atoms with Gasteiger partial charge in [0.15, 0.2) is 23.8 Å². The first kappa shape index (κ1) is 19.8. The van der Waals surface area contributed by atoms with Crippen LogP contribution in [0.3, 0.4) is 0 Å². The van der Waals surface area contributed by atoms with Crippen LogP contribution in [0, 0.1) is 0 Å². The Morgan fingerprint density at radius 1 is 1.23 bits per heavy atom. The topological polar surface area (TPSA) is 173 Å². The zero-order valence-electron chi connectivity index (χ0n) is 16.0. The number of aliphatic hydroxyl groups is 2. The van der Waals surface area contributed by atoms with Crippen molar-refractivity contribution in [2.24, 2.45) is 10.2 Å². The highest BCUT2D eigenvalue weighted by Crippen LogP contribution is 2.33. The number of carbonyl (C=O) groups excluding carboxylic acids is 1. The van der Waals surface area contributed by atoms with Gasteiger partial charge < -0.3 is 26.0 Å². The fourth-order valence-electron chi connectivity index (χ4n) is 3.14. The minimum atomic E-state index is -1.42. The van der Waals surface area contributed by atoms with Gasteiger partial charge in [0.05, 0.1) is 12.0 Å². The summed E-state index contributed by atoms with van der Waals surface area (Å²) in [7, 11) is 0. The fraction of sp³-hybridized carbons (Fsp3) is 0.333. The van der Waals surface area contributed by atoms with Crippen LogP contribution in [0.4, 0.5) is 17.5 Å². The lowest BCUT2D eigenvalue weighted by Crippen LogP contribution is -2.42. The van der Waals surface area contributed by atoms with Crippen molar-refractivity contribution in [3.63, 3.8) is 0 Å². The maximum Gasteiger partial charge on any atom is 0.272 e. The summed E-state index contributed by atoms with van der Waals surface area (Å²) in [5, 5.41) is 31.3. The number of imidazole rings is 1. The van der Waals surface area contributed by atoms with Crippen LogP contribution in [0.15, 0.2) is 46.9 Å². The molecular weight excluding hydrogens is 392 g/mol. The van der Waals surface area contributed by atoms with Crippen LogP contribution >= 0.6 is 0 Å². The van der Waals surface area contributed by atoms with Crippen LogP contribution in [0.5, 0.6) is 0 Å². The second kappa shape index (κ2) is 8.10. The molecule has 1 aliphatic rings. The molecule has 2 aromatic heterocycles. The van der Waals surface area contributed by atoms with Crippen LogP contribution in [-0.2, 0) is 9.53 Å². The predicted octanol–water partition coefficient (Wildman–Crippen LogP) is 0.579. The van der Waals surface area contributed by atoms with Crippen LogP contribution < -0.4 is 11.1 Å². The maximum absolute atomic E-state index is 12.1. The lowest BCUT2D eigenvalue weighted by Gasteiger charge is -2.16. The van der Waals surface area contributed by atoms with Crippen molar-refractivity contribution in [3.8, 4) is 0 Å². The number of azo groups is 1. The molecule has 0 unspecified atom stereocenters. The number of nitrogens with zero attached hydrogens (tertiary/aromatic N) is 6. The summed E-state index contributed by atoms with van der Waals surface area (Å²) >= 11 is 0. The van der Waals surface area contributed by atoms with Gasteiger partial charge in [-0.25, -0.2) is 4.98 Å². The molecule has 1 aromatic carbocycles. The number of likely N-dealkylation sites (N-methyl/N-ethyl adjacent to an activating group) is 1. The van der Waals surface area contributed by atoms with E-state index in [0.29, 0.717) is 12.2 Å². The molecule has 1 saturated heterocycles. The number of hydrogen-bond donors (Lipinski definition) is 4. The van der Waals surface area contributed by atoms with Gasteiger partial charge in [0, 0.05) is 6.54 Å². The number of benzene rings is 1. The molecular formula is C18H20N8O4. The molecule has 4 atom stereocenters. The van der Waals surface area contributed by atoms with Gasteiger partial charge in [-0.2, -0.15) is 9.97 Å². The predicted molar refractivity (Wildman–Crippen MR) is 105 cm³/mol. The molecule has 30 heavy (non-hydrogen) atoms. The minimum absolute atomic E-state index is 0.0149. The zero-order valence-corrected chi connectivity index (χ0v) is 16.0. The molecule has 1 fully saturated rings. The van der Waals surface area contributed by atoms with Crippen molar-refractivity contribution in [2.45, 2.75) is 31.5 Å². The number of amides is 1. The number of rotatable bonds is 5. The molecule has 0 bridgehead atoms. The van der Waals surface area contributed by atoms with Gasteiger partial charge >= 0.3 is 0 Å². The number of fused-ring (bicyclic) bond motifs is 1. The lowest BCUT2D eigenvalue weighted by atomic mass is 10.1. The Morgan fingerprint density at radius 3 is 2.73 bits per heavy atom. The Balaban J connectivity index is 1.67. The quantitative estimate of drug-likeness (QED) is 0.440. The van der Waals surface area contributed by atoms with Crippen molar-refractivity contribution in [1.82, 2.24) is 24.8 Å².